The van der Waals surface area contributed by atoms with Gasteiger partial charge in [-0.1, -0.05) is 0 Å². The molecule has 4 rings (SSSR count). The van der Waals surface area contributed by atoms with Gasteiger partial charge in [0, 0.05) is 24.3 Å². The number of hydrogen-bond donors (Lipinski definition) is 0. The molecule has 0 unspecified atom stereocenters. The number of hydrogen-bond acceptors (Lipinski definition) is 5. The van der Waals surface area contributed by atoms with Crippen molar-refractivity contribution in [2.24, 2.45) is 0 Å². The maximum Gasteiger partial charge on any atom is 0.337 e. The zero-order valence-electron chi connectivity index (χ0n) is 15.4. The van der Waals surface area contributed by atoms with Crippen LogP contribution < -0.4 is 9.21 Å². The lowest BCUT2D eigenvalue weighted by atomic mass is 10.1. The maximum atomic E-state index is 12.9. The number of methoxy groups -OCH3 is 1. The maximum absolute atomic E-state index is 12.9. The lowest BCUT2D eigenvalue weighted by Crippen LogP contribution is -2.29. The van der Waals surface area contributed by atoms with Crippen molar-refractivity contribution in [1.82, 2.24) is 0 Å². The summed E-state index contributed by atoms with van der Waals surface area (Å²) in [5.74, 6) is -0.397. The van der Waals surface area contributed by atoms with Gasteiger partial charge in [0.2, 0.25) is 10.0 Å². The van der Waals surface area contributed by atoms with Gasteiger partial charge in [0.15, 0.2) is 0 Å². The number of carbonyl (C=O) groups excluding carboxylic acids is 2. The fourth-order valence-corrected chi connectivity index (χ4v) is 5.28. The van der Waals surface area contributed by atoms with Gasteiger partial charge >= 0.3 is 5.97 Å². The third-order valence-electron chi connectivity index (χ3n) is 5.14. The number of carbonyl (C=O) groups is 2. The van der Waals surface area contributed by atoms with Gasteiger partial charge in [-0.3, -0.25) is 9.10 Å². The number of anilines is 2. The summed E-state index contributed by atoms with van der Waals surface area (Å²) >= 11 is 0. The first-order chi connectivity index (χ1) is 13.4. The molecule has 0 aliphatic carbocycles. The molecule has 2 aliphatic rings. The molecule has 7 nitrogen and oxygen atoms in total. The highest BCUT2D eigenvalue weighted by Gasteiger charge is 2.29. The number of rotatable bonds is 3. The minimum absolute atomic E-state index is 0.152. The van der Waals surface area contributed by atoms with Crippen LogP contribution in [0.3, 0.4) is 0 Å². The van der Waals surface area contributed by atoms with E-state index in [1.54, 1.807) is 47.4 Å². The molecule has 2 aromatic carbocycles. The molecule has 0 saturated carbocycles. The highest BCUT2D eigenvalue weighted by atomic mass is 32.2. The van der Waals surface area contributed by atoms with Crippen LogP contribution in [-0.4, -0.2) is 46.2 Å². The van der Waals surface area contributed by atoms with Crippen LogP contribution >= 0.6 is 0 Å². The molecule has 0 bridgehead atoms. The number of fused-ring (bicyclic) bond motifs is 1. The Hall–Kier alpha value is -2.87. The molecular formula is C20H20N2O5S. The SMILES string of the molecule is COC(=O)c1ccc2c(c1)CCN2C(=O)c1ccc(N2CCCS2(=O)=O)cc1. The molecule has 1 amide bonds. The Morgan fingerprint density at radius 2 is 1.71 bits per heavy atom. The number of amides is 1. The van der Waals surface area contributed by atoms with Gasteiger partial charge in [-0.2, -0.15) is 0 Å². The zero-order valence-corrected chi connectivity index (χ0v) is 16.2. The Labute approximate surface area is 163 Å². The van der Waals surface area contributed by atoms with Gasteiger partial charge in [0.05, 0.1) is 24.1 Å². The summed E-state index contributed by atoms with van der Waals surface area (Å²) in [6.45, 7) is 0.999. The van der Waals surface area contributed by atoms with Crippen molar-refractivity contribution in [3.05, 3.63) is 59.2 Å². The number of ether oxygens (including phenoxy) is 1. The minimum atomic E-state index is -3.24. The van der Waals surface area contributed by atoms with Crippen LogP contribution in [0.1, 0.15) is 32.7 Å². The van der Waals surface area contributed by atoms with E-state index in [-0.39, 0.29) is 11.7 Å². The Morgan fingerprint density at radius 1 is 1.00 bits per heavy atom. The van der Waals surface area contributed by atoms with E-state index in [1.165, 1.54) is 11.4 Å². The molecule has 0 spiro atoms. The number of esters is 1. The number of sulfonamides is 1. The standard InChI is InChI=1S/C20H20N2O5S/c1-27-20(24)16-5-8-18-15(13-16)9-11-21(18)19(23)14-3-6-17(7-4-14)22-10-2-12-28(22,25)26/h3-8,13H,2,9-12H2,1H3. The van der Waals surface area contributed by atoms with Crippen LogP contribution in [0.4, 0.5) is 11.4 Å². The summed E-state index contributed by atoms with van der Waals surface area (Å²) in [4.78, 5) is 26.3. The molecule has 0 atom stereocenters. The first kappa shape index (κ1) is 18.5. The van der Waals surface area contributed by atoms with Crippen molar-refractivity contribution in [2.45, 2.75) is 12.8 Å². The van der Waals surface area contributed by atoms with Crippen LogP contribution in [0.5, 0.6) is 0 Å². The second kappa shape index (κ2) is 6.94. The molecule has 2 heterocycles. The third kappa shape index (κ3) is 3.13. The minimum Gasteiger partial charge on any atom is -0.465 e. The van der Waals surface area contributed by atoms with Gasteiger partial charge < -0.3 is 9.64 Å². The molecule has 1 saturated heterocycles. The third-order valence-corrected chi connectivity index (χ3v) is 7.01. The van der Waals surface area contributed by atoms with Gasteiger partial charge in [-0.05, 0) is 60.9 Å². The molecule has 8 heteroatoms. The van der Waals surface area contributed by atoms with E-state index in [0.29, 0.717) is 42.7 Å². The molecule has 0 radical (unpaired) electrons. The second-order valence-corrected chi connectivity index (χ2v) is 8.84. The van der Waals surface area contributed by atoms with Gasteiger partial charge in [0.25, 0.3) is 5.91 Å². The molecule has 2 aromatic rings. The summed E-state index contributed by atoms with van der Waals surface area (Å²) in [5.41, 5.74) is 3.25. The highest BCUT2D eigenvalue weighted by Crippen LogP contribution is 2.31. The van der Waals surface area contributed by atoms with E-state index in [1.807, 2.05) is 0 Å². The van der Waals surface area contributed by atoms with E-state index in [2.05, 4.69) is 0 Å². The van der Waals surface area contributed by atoms with Crippen LogP contribution in [0.2, 0.25) is 0 Å². The van der Waals surface area contributed by atoms with E-state index in [0.717, 1.165) is 11.3 Å². The van der Waals surface area contributed by atoms with Crippen molar-refractivity contribution < 1.29 is 22.7 Å². The van der Waals surface area contributed by atoms with Crippen molar-refractivity contribution >= 4 is 33.3 Å². The summed E-state index contributed by atoms with van der Waals surface area (Å²) in [5, 5.41) is 0. The van der Waals surface area contributed by atoms with Crippen molar-refractivity contribution in [3.63, 3.8) is 0 Å². The van der Waals surface area contributed by atoms with Crippen LogP contribution in [0.25, 0.3) is 0 Å². The van der Waals surface area contributed by atoms with E-state index in [9.17, 15) is 18.0 Å². The lowest BCUT2D eigenvalue weighted by molar-refractivity contribution is 0.0600. The van der Waals surface area contributed by atoms with Crippen molar-refractivity contribution in [3.8, 4) is 0 Å². The molecule has 1 fully saturated rings. The molecular weight excluding hydrogens is 380 g/mol. The monoisotopic (exact) mass is 400 g/mol. The Bertz CT molecular complexity index is 1050. The average molecular weight is 400 g/mol. The number of nitrogens with zero attached hydrogens (tertiary/aromatic N) is 2. The normalized spacial score (nSPS) is 17.5. The summed E-state index contributed by atoms with van der Waals surface area (Å²) in [6, 6.07) is 11.8. The predicted molar refractivity (Wildman–Crippen MR) is 105 cm³/mol. The summed E-state index contributed by atoms with van der Waals surface area (Å²) < 4.78 is 30.2. The number of benzene rings is 2. The average Bonchev–Trinajstić information content (AvgIpc) is 3.29. The molecule has 28 heavy (non-hydrogen) atoms. The van der Waals surface area contributed by atoms with Gasteiger partial charge in [-0.15, -0.1) is 0 Å². The van der Waals surface area contributed by atoms with E-state index >= 15 is 0 Å². The largest absolute Gasteiger partial charge is 0.465 e. The quantitative estimate of drug-likeness (QED) is 0.738. The fourth-order valence-electron chi connectivity index (χ4n) is 3.71. The van der Waals surface area contributed by atoms with E-state index in [4.69, 9.17) is 4.74 Å². The zero-order chi connectivity index (χ0) is 19.9. The molecule has 146 valence electrons. The second-order valence-electron chi connectivity index (χ2n) is 6.83. The van der Waals surface area contributed by atoms with E-state index < -0.39 is 16.0 Å². The van der Waals surface area contributed by atoms with Gasteiger partial charge in [0.1, 0.15) is 0 Å². The van der Waals surface area contributed by atoms with Gasteiger partial charge in [-0.25, -0.2) is 13.2 Å². The van der Waals surface area contributed by atoms with Crippen molar-refractivity contribution in [2.75, 3.05) is 35.2 Å². The Balaban J connectivity index is 1.56. The molecule has 0 aromatic heterocycles. The summed E-state index contributed by atoms with van der Waals surface area (Å²) in [7, 11) is -1.91. The topological polar surface area (TPSA) is 84.0 Å². The first-order valence-electron chi connectivity index (χ1n) is 9.04. The predicted octanol–water partition coefficient (Wildman–Crippen LogP) is 2.22. The summed E-state index contributed by atoms with van der Waals surface area (Å²) in [6.07, 6.45) is 1.27. The highest BCUT2D eigenvalue weighted by molar-refractivity contribution is 7.93. The van der Waals surface area contributed by atoms with Crippen LogP contribution in [-0.2, 0) is 21.2 Å². The molecule has 0 N–H and O–H groups in total. The first-order valence-corrected chi connectivity index (χ1v) is 10.7. The van der Waals surface area contributed by atoms with Crippen molar-refractivity contribution in [1.29, 1.82) is 0 Å². The lowest BCUT2D eigenvalue weighted by Gasteiger charge is -2.19. The Morgan fingerprint density at radius 3 is 2.36 bits per heavy atom. The Kier molecular flexibility index (Phi) is 4.58. The fraction of sp³-hybridized carbons (Fsp3) is 0.300. The van der Waals surface area contributed by atoms with Crippen LogP contribution in [0.15, 0.2) is 42.5 Å². The smallest absolute Gasteiger partial charge is 0.337 e. The van der Waals surface area contributed by atoms with Crippen LogP contribution in [0, 0.1) is 0 Å². The molecule has 2 aliphatic heterocycles.